The second-order valence-corrected chi connectivity index (χ2v) is 7.49. The highest BCUT2D eigenvalue weighted by Gasteiger charge is 2.33. The van der Waals surface area contributed by atoms with Crippen LogP contribution in [0.15, 0.2) is 60.8 Å². The number of carbonyl (C=O) groups is 1. The Kier molecular flexibility index (Phi) is 4.53. The third-order valence-corrected chi connectivity index (χ3v) is 5.70. The van der Waals surface area contributed by atoms with E-state index in [1.165, 1.54) is 5.56 Å². The number of nitrogens with one attached hydrogen (secondary N) is 1. The first kappa shape index (κ1) is 16.9. The molecule has 1 aliphatic heterocycles. The van der Waals surface area contributed by atoms with Crippen molar-refractivity contribution in [2.45, 2.75) is 18.3 Å². The molecule has 5 nitrogen and oxygen atoms in total. The van der Waals surface area contributed by atoms with Crippen LogP contribution in [0.4, 0.5) is 0 Å². The van der Waals surface area contributed by atoms with Gasteiger partial charge >= 0.3 is 5.97 Å². The molecule has 0 amide bonds. The lowest BCUT2D eigenvalue weighted by molar-refractivity contribution is -0.138. The third kappa shape index (κ3) is 3.25. The number of carboxylic acid groups (broad SMARTS) is 1. The summed E-state index contributed by atoms with van der Waals surface area (Å²) in [5.41, 5.74) is 5.08. The molecule has 1 aromatic heterocycles. The Morgan fingerprint density at radius 2 is 1.92 bits per heavy atom. The zero-order valence-corrected chi connectivity index (χ0v) is 15.1. The summed E-state index contributed by atoms with van der Waals surface area (Å²) >= 11 is 1.61. The molecule has 2 atom stereocenters. The Morgan fingerprint density at radius 1 is 1.19 bits per heavy atom. The predicted octanol–water partition coefficient (Wildman–Crippen LogP) is 3.64. The van der Waals surface area contributed by atoms with E-state index < -0.39 is 12.0 Å². The topological polar surface area (TPSA) is 67.2 Å². The molecule has 1 saturated heterocycles. The molecule has 0 bridgehead atoms. The van der Waals surface area contributed by atoms with Gasteiger partial charge in [0, 0.05) is 23.1 Å². The number of thioether (sulfide) groups is 1. The van der Waals surface area contributed by atoms with Crippen LogP contribution in [0.3, 0.4) is 0 Å². The number of carboxylic acids is 1. The normalized spacial score (nSPS) is 19.6. The van der Waals surface area contributed by atoms with E-state index in [-0.39, 0.29) is 5.37 Å². The molecule has 6 heteroatoms. The van der Waals surface area contributed by atoms with Crippen LogP contribution >= 0.6 is 11.8 Å². The van der Waals surface area contributed by atoms with Crippen LogP contribution in [0.25, 0.3) is 16.9 Å². The maximum absolute atomic E-state index is 11.3. The molecule has 26 heavy (non-hydrogen) atoms. The summed E-state index contributed by atoms with van der Waals surface area (Å²) in [7, 11) is 0. The first-order valence-electron chi connectivity index (χ1n) is 8.44. The number of hydrogen-bond acceptors (Lipinski definition) is 4. The molecule has 1 fully saturated rings. The zero-order chi connectivity index (χ0) is 18.1. The molecule has 2 unspecified atom stereocenters. The molecule has 0 aliphatic carbocycles. The number of rotatable bonds is 4. The molecular formula is C20H19N3O2S. The van der Waals surface area contributed by atoms with Crippen molar-refractivity contribution in [3.05, 3.63) is 71.9 Å². The van der Waals surface area contributed by atoms with Crippen molar-refractivity contribution in [2.75, 3.05) is 5.75 Å². The maximum atomic E-state index is 11.3. The summed E-state index contributed by atoms with van der Waals surface area (Å²) in [5.74, 6) is -0.267. The minimum Gasteiger partial charge on any atom is -0.480 e. The standard InChI is InChI=1S/C20H19N3O2S/c1-13-7-9-14(10-8-13)18-16(19-21-17(12-26-19)20(24)25)11-23(22-18)15-5-3-2-4-6-15/h2-11,17,19,21H,12H2,1H3,(H,24,25). The Hall–Kier alpha value is -2.57. The van der Waals surface area contributed by atoms with Crippen molar-refractivity contribution in [3.8, 4) is 16.9 Å². The highest BCUT2D eigenvalue weighted by molar-refractivity contribution is 7.99. The fourth-order valence-electron chi connectivity index (χ4n) is 3.02. The van der Waals surface area contributed by atoms with Crippen LogP contribution in [0, 0.1) is 6.92 Å². The van der Waals surface area contributed by atoms with Crippen molar-refractivity contribution in [1.82, 2.24) is 15.1 Å². The fourth-order valence-corrected chi connectivity index (χ4v) is 4.26. The SMILES string of the molecule is Cc1ccc(-c2nn(-c3ccccc3)cc2C2NC(C(=O)O)CS2)cc1. The number of hydrogen-bond donors (Lipinski definition) is 2. The third-order valence-electron chi connectivity index (χ3n) is 4.45. The summed E-state index contributed by atoms with van der Waals surface area (Å²) in [6.07, 6.45) is 2.00. The summed E-state index contributed by atoms with van der Waals surface area (Å²) in [6.45, 7) is 2.05. The van der Waals surface area contributed by atoms with Crippen molar-refractivity contribution >= 4 is 17.7 Å². The zero-order valence-electron chi connectivity index (χ0n) is 14.3. The quantitative estimate of drug-likeness (QED) is 0.739. The van der Waals surface area contributed by atoms with E-state index in [1.807, 2.05) is 41.2 Å². The van der Waals surface area contributed by atoms with Crippen molar-refractivity contribution in [2.24, 2.45) is 0 Å². The van der Waals surface area contributed by atoms with Gasteiger partial charge in [-0.05, 0) is 19.1 Å². The summed E-state index contributed by atoms with van der Waals surface area (Å²) in [4.78, 5) is 11.3. The van der Waals surface area contributed by atoms with E-state index in [2.05, 4.69) is 36.5 Å². The number of nitrogens with zero attached hydrogens (tertiary/aromatic N) is 2. The number of benzene rings is 2. The van der Waals surface area contributed by atoms with Crippen LogP contribution in [0.1, 0.15) is 16.5 Å². The van der Waals surface area contributed by atoms with Crippen LogP contribution in [0.2, 0.25) is 0 Å². The molecular weight excluding hydrogens is 346 g/mol. The van der Waals surface area contributed by atoms with Gasteiger partial charge in [0.05, 0.1) is 16.8 Å². The Morgan fingerprint density at radius 3 is 2.58 bits per heavy atom. The molecule has 1 aliphatic rings. The second kappa shape index (κ2) is 6.97. The lowest BCUT2D eigenvalue weighted by Crippen LogP contribution is -2.33. The highest BCUT2D eigenvalue weighted by atomic mass is 32.2. The lowest BCUT2D eigenvalue weighted by Gasteiger charge is -2.11. The number of aromatic nitrogens is 2. The highest BCUT2D eigenvalue weighted by Crippen LogP contribution is 2.38. The molecule has 132 valence electrons. The van der Waals surface area contributed by atoms with Gasteiger partial charge in [-0.15, -0.1) is 11.8 Å². The molecule has 0 radical (unpaired) electrons. The summed E-state index contributed by atoms with van der Waals surface area (Å²) < 4.78 is 1.86. The van der Waals surface area contributed by atoms with Crippen molar-refractivity contribution in [3.63, 3.8) is 0 Å². The number of aliphatic carboxylic acids is 1. The van der Waals surface area contributed by atoms with E-state index in [9.17, 15) is 9.90 Å². The average molecular weight is 365 g/mol. The van der Waals surface area contributed by atoms with Crippen LogP contribution < -0.4 is 5.32 Å². The molecule has 3 aromatic rings. The van der Waals surface area contributed by atoms with E-state index in [0.717, 1.165) is 22.5 Å². The van der Waals surface area contributed by atoms with Crippen LogP contribution in [-0.4, -0.2) is 32.7 Å². The molecule has 2 N–H and O–H groups in total. The van der Waals surface area contributed by atoms with Gasteiger partial charge in [-0.1, -0.05) is 48.0 Å². The van der Waals surface area contributed by atoms with Gasteiger partial charge in [-0.3, -0.25) is 10.1 Å². The fraction of sp³-hybridized carbons (Fsp3) is 0.200. The van der Waals surface area contributed by atoms with Crippen LogP contribution in [-0.2, 0) is 4.79 Å². The molecule has 2 aromatic carbocycles. The van der Waals surface area contributed by atoms with Gasteiger partial charge in [0.2, 0.25) is 0 Å². The second-order valence-electron chi connectivity index (χ2n) is 6.35. The molecule has 2 heterocycles. The van der Waals surface area contributed by atoms with Gasteiger partial charge in [0.15, 0.2) is 0 Å². The van der Waals surface area contributed by atoms with Gasteiger partial charge in [0.25, 0.3) is 0 Å². The minimum absolute atomic E-state index is 0.0927. The summed E-state index contributed by atoms with van der Waals surface area (Å²) in [6, 6.07) is 17.7. The predicted molar refractivity (Wildman–Crippen MR) is 103 cm³/mol. The lowest BCUT2D eigenvalue weighted by atomic mass is 10.1. The van der Waals surface area contributed by atoms with Gasteiger partial charge in [-0.2, -0.15) is 5.10 Å². The first-order valence-corrected chi connectivity index (χ1v) is 9.49. The van der Waals surface area contributed by atoms with E-state index in [4.69, 9.17) is 5.10 Å². The van der Waals surface area contributed by atoms with E-state index >= 15 is 0 Å². The maximum Gasteiger partial charge on any atom is 0.321 e. The van der Waals surface area contributed by atoms with Crippen molar-refractivity contribution < 1.29 is 9.90 Å². The minimum atomic E-state index is -0.813. The largest absolute Gasteiger partial charge is 0.480 e. The van der Waals surface area contributed by atoms with E-state index in [1.54, 1.807) is 11.8 Å². The Bertz CT molecular complexity index is 922. The number of aryl methyl sites for hydroxylation is 1. The number of para-hydroxylation sites is 1. The Balaban J connectivity index is 1.77. The van der Waals surface area contributed by atoms with Crippen molar-refractivity contribution in [1.29, 1.82) is 0 Å². The molecule has 4 rings (SSSR count). The summed E-state index contributed by atoms with van der Waals surface area (Å²) in [5, 5.41) is 17.2. The van der Waals surface area contributed by atoms with Gasteiger partial charge in [-0.25, -0.2) is 4.68 Å². The molecule has 0 saturated carbocycles. The smallest absolute Gasteiger partial charge is 0.321 e. The first-order chi connectivity index (χ1) is 12.6. The Labute approximate surface area is 156 Å². The average Bonchev–Trinajstić information content (AvgIpc) is 3.30. The van der Waals surface area contributed by atoms with Crippen LogP contribution in [0.5, 0.6) is 0 Å². The van der Waals surface area contributed by atoms with E-state index in [0.29, 0.717) is 5.75 Å². The van der Waals surface area contributed by atoms with Gasteiger partial charge < -0.3 is 5.11 Å². The monoisotopic (exact) mass is 365 g/mol. The van der Waals surface area contributed by atoms with Gasteiger partial charge in [0.1, 0.15) is 6.04 Å². The molecule has 0 spiro atoms.